The van der Waals surface area contributed by atoms with E-state index in [1.165, 1.54) is 5.56 Å². The summed E-state index contributed by atoms with van der Waals surface area (Å²) in [5.74, 6) is 0.366. The highest BCUT2D eigenvalue weighted by Gasteiger charge is 2.23. The zero-order chi connectivity index (χ0) is 14.0. The summed E-state index contributed by atoms with van der Waals surface area (Å²) in [4.78, 5) is 26.4. The van der Waals surface area contributed by atoms with Gasteiger partial charge in [0.15, 0.2) is 0 Å². The zero-order valence-electron chi connectivity index (χ0n) is 11.8. The monoisotopic (exact) mass is 260 g/mol. The van der Waals surface area contributed by atoms with Crippen LogP contribution in [0.15, 0.2) is 18.2 Å². The molecule has 1 aromatic rings. The van der Waals surface area contributed by atoms with E-state index in [9.17, 15) is 9.59 Å². The number of hydrogen-bond donors (Lipinski definition) is 0. The average Bonchev–Trinajstić information content (AvgIpc) is 2.62. The molecule has 0 radical (unpaired) electrons. The van der Waals surface area contributed by atoms with Crippen molar-refractivity contribution in [2.45, 2.75) is 26.3 Å². The number of carbonyl (C=O) groups excluding carboxylic acids is 2. The van der Waals surface area contributed by atoms with E-state index in [4.69, 9.17) is 0 Å². The Labute approximate surface area is 114 Å². The number of fused-ring (bicyclic) bond motifs is 1. The predicted molar refractivity (Wildman–Crippen MR) is 75.2 cm³/mol. The maximum atomic E-state index is 11.6. The Bertz CT molecular complexity index is 511. The third kappa shape index (κ3) is 3.20. The topological polar surface area (TPSA) is 40.6 Å². The van der Waals surface area contributed by atoms with Gasteiger partial charge in [-0.05, 0) is 31.2 Å². The summed E-state index contributed by atoms with van der Waals surface area (Å²) in [6.07, 6.45) is 1.08. The molecule has 0 aliphatic carbocycles. The molecule has 19 heavy (non-hydrogen) atoms. The predicted octanol–water partition coefficient (Wildman–Crippen LogP) is 1.62. The first-order valence-electron chi connectivity index (χ1n) is 6.53. The number of Topliss-reactive ketones (excluding diaryl/α,β-unsaturated/α-hetero) is 1. The second-order valence-corrected chi connectivity index (χ2v) is 5.28. The van der Waals surface area contributed by atoms with Crippen LogP contribution in [0.25, 0.3) is 0 Å². The summed E-state index contributed by atoms with van der Waals surface area (Å²) in [5.41, 5.74) is 3.30. The lowest BCUT2D eigenvalue weighted by molar-refractivity contribution is -0.118. The highest BCUT2D eigenvalue weighted by molar-refractivity contribution is 6.00. The summed E-state index contributed by atoms with van der Waals surface area (Å²) in [5, 5.41) is 0. The van der Waals surface area contributed by atoms with Crippen molar-refractivity contribution in [1.82, 2.24) is 4.90 Å². The summed E-state index contributed by atoms with van der Waals surface area (Å²) in [6.45, 7) is 3.19. The fourth-order valence-corrected chi connectivity index (χ4v) is 2.36. The number of ketones is 1. The molecule has 1 heterocycles. The van der Waals surface area contributed by atoms with Crippen LogP contribution in [0.2, 0.25) is 0 Å². The van der Waals surface area contributed by atoms with Gasteiger partial charge in [-0.1, -0.05) is 12.1 Å². The van der Waals surface area contributed by atoms with Crippen molar-refractivity contribution in [1.29, 1.82) is 0 Å². The molecule has 1 aliphatic rings. The molecule has 1 amide bonds. The van der Waals surface area contributed by atoms with E-state index in [0.717, 1.165) is 24.3 Å². The molecule has 0 aromatic heterocycles. The molecule has 0 atom stereocenters. The smallest absolute Gasteiger partial charge is 0.231 e. The van der Waals surface area contributed by atoms with Crippen LogP contribution in [0.1, 0.15) is 24.5 Å². The second-order valence-electron chi connectivity index (χ2n) is 5.28. The van der Waals surface area contributed by atoms with Gasteiger partial charge >= 0.3 is 0 Å². The van der Waals surface area contributed by atoms with Gasteiger partial charge in [0.1, 0.15) is 5.78 Å². The van der Waals surface area contributed by atoms with E-state index < -0.39 is 0 Å². The van der Waals surface area contributed by atoms with Crippen molar-refractivity contribution < 1.29 is 9.59 Å². The lowest BCUT2D eigenvalue weighted by atomic mass is 10.1. The number of hydrogen-bond acceptors (Lipinski definition) is 3. The van der Waals surface area contributed by atoms with Crippen molar-refractivity contribution in [3.63, 3.8) is 0 Å². The van der Waals surface area contributed by atoms with Crippen molar-refractivity contribution in [3.05, 3.63) is 29.3 Å². The van der Waals surface area contributed by atoms with E-state index in [1.807, 2.05) is 20.2 Å². The minimum absolute atomic E-state index is 0.150. The number of benzene rings is 1. The quantitative estimate of drug-likeness (QED) is 0.807. The normalized spacial score (nSPS) is 14.1. The maximum Gasteiger partial charge on any atom is 0.231 e. The fourth-order valence-electron chi connectivity index (χ4n) is 2.36. The SMILES string of the molecule is CC(=O)CCN(C)Cc1ccc2c(c1)CC(=O)N2C. The average molecular weight is 260 g/mol. The van der Waals surface area contributed by atoms with Gasteiger partial charge in [-0.15, -0.1) is 0 Å². The van der Waals surface area contributed by atoms with Crippen LogP contribution in [-0.2, 0) is 22.6 Å². The Morgan fingerprint density at radius 1 is 1.42 bits per heavy atom. The van der Waals surface area contributed by atoms with E-state index >= 15 is 0 Å². The lowest BCUT2D eigenvalue weighted by Gasteiger charge is -2.17. The Morgan fingerprint density at radius 3 is 2.84 bits per heavy atom. The molecular formula is C15H20N2O2. The molecule has 4 heteroatoms. The third-order valence-electron chi connectivity index (χ3n) is 3.52. The van der Waals surface area contributed by atoms with Crippen LogP contribution in [0.4, 0.5) is 5.69 Å². The van der Waals surface area contributed by atoms with Gasteiger partial charge in [-0.25, -0.2) is 0 Å². The minimum atomic E-state index is 0.150. The van der Waals surface area contributed by atoms with Gasteiger partial charge in [0, 0.05) is 32.2 Å². The zero-order valence-corrected chi connectivity index (χ0v) is 11.8. The van der Waals surface area contributed by atoms with Gasteiger partial charge < -0.3 is 9.80 Å². The molecule has 0 fully saturated rings. The molecule has 1 aromatic carbocycles. The van der Waals surface area contributed by atoms with Gasteiger partial charge in [0.2, 0.25) is 5.91 Å². The first kappa shape index (κ1) is 13.7. The molecular weight excluding hydrogens is 240 g/mol. The van der Waals surface area contributed by atoms with Gasteiger partial charge in [-0.3, -0.25) is 9.59 Å². The maximum absolute atomic E-state index is 11.6. The van der Waals surface area contributed by atoms with Crippen LogP contribution in [0.3, 0.4) is 0 Å². The molecule has 0 spiro atoms. The summed E-state index contributed by atoms with van der Waals surface area (Å²) >= 11 is 0. The summed E-state index contributed by atoms with van der Waals surface area (Å²) in [6, 6.07) is 6.16. The standard InChI is InChI=1S/C15H20N2O2/c1-11(18)6-7-16(2)10-12-4-5-14-13(8-12)9-15(19)17(14)3/h4-5,8H,6-7,9-10H2,1-3H3. The molecule has 2 rings (SSSR count). The Morgan fingerprint density at radius 2 is 2.16 bits per heavy atom. The minimum Gasteiger partial charge on any atom is -0.315 e. The number of amides is 1. The van der Waals surface area contributed by atoms with Crippen LogP contribution in [0.5, 0.6) is 0 Å². The molecule has 0 N–H and O–H groups in total. The number of nitrogens with zero attached hydrogens (tertiary/aromatic N) is 2. The molecule has 1 aliphatic heterocycles. The van der Waals surface area contributed by atoms with Crippen LogP contribution < -0.4 is 4.90 Å². The van der Waals surface area contributed by atoms with Gasteiger partial charge in [0.05, 0.1) is 6.42 Å². The molecule has 0 bridgehead atoms. The number of carbonyl (C=O) groups is 2. The van der Waals surface area contributed by atoms with Crippen LogP contribution in [-0.4, -0.2) is 37.2 Å². The van der Waals surface area contributed by atoms with E-state index in [1.54, 1.807) is 11.8 Å². The fraction of sp³-hybridized carbons (Fsp3) is 0.467. The number of rotatable bonds is 5. The second kappa shape index (κ2) is 5.53. The molecule has 4 nitrogen and oxygen atoms in total. The summed E-state index contributed by atoms with van der Waals surface area (Å²) < 4.78 is 0. The first-order chi connectivity index (χ1) is 8.97. The van der Waals surface area contributed by atoms with E-state index in [0.29, 0.717) is 12.8 Å². The highest BCUT2D eigenvalue weighted by atomic mass is 16.2. The third-order valence-corrected chi connectivity index (χ3v) is 3.52. The van der Waals surface area contributed by atoms with Crippen molar-refractivity contribution in [2.24, 2.45) is 0 Å². The van der Waals surface area contributed by atoms with Crippen LogP contribution in [0, 0.1) is 0 Å². The first-order valence-corrected chi connectivity index (χ1v) is 6.53. The van der Waals surface area contributed by atoms with Crippen molar-refractivity contribution in [3.8, 4) is 0 Å². The lowest BCUT2D eigenvalue weighted by Crippen LogP contribution is -2.21. The molecule has 0 unspecified atom stereocenters. The Kier molecular flexibility index (Phi) is 4.00. The van der Waals surface area contributed by atoms with E-state index in [-0.39, 0.29) is 11.7 Å². The van der Waals surface area contributed by atoms with Crippen molar-refractivity contribution in [2.75, 3.05) is 25.5 Å². The highest BCUT2D eigenvalue weighted by Crippen LogP contribution is 2.28. The largest absolute Gasteiger partial charge is 0.315 e. The van der Waals surface area contributed by atoms with Crippen LogP contribution >= 0.6 is 0 Å². The van der Waals surface area contributed by atoms with Gasteiger partial charge in [-0.2, -0.15) is 0 Å². The molecule has 0 saturated heterocycles. The molecule has 0 saturated carbocycles. The Balaban J connectivity index is 2.02. The van der Waals surface area contributed by atoms with Crippen molar-refractivity contribution >= 4 is 17.4 Å². The summed E-state index contributed by atoms with van der Waals surface area (Å²) in [7, 11) is 3.82. The van der Waals surface area contributed by atoms with Gasteiger partial charge in [0.25, 0.3) is 0 Å². The molecule has 102 valence electrons. The number of likely N-dealkylation sites (N-methyl/N-ethyl adjacent to an activating group) is 1. The van der Waals surface area contributed by atoms with E-state index in [2.05, 4.69) is 17.0 Å². The number of anilines is 1. The Hall–Kier alpha value is -1.68.